The van der Waals surface area contributed by atoms with Gasteiger partial charge in [-0.2, -0.15) is 21.6 Å². The van der Waals surface area contributed by atoms with Crippen LogP contribution in [0.2, 0.25) is 0 Å². The minimum Gasteiger partial charge on any atom is -0.376 e. The Morgan fingerprint density at radius 1 is 0.444 bits per heavy atom. The highest BCUT2D eigenvalue weighted by Gasteiger charge is 2.48. The molecule has 0 radical (unpaired) electrons. The van der Waals surface area contributed by atoms with Gasteiger partial charge in [0.25, 0.3) is 0 Å². The molecule has 0 aliphatic heterocycles. The third kappa shape index (κ3) is 7.53. The average Bonchev–Trinajstić information content (AvgIpc) is 3.68. The van der Waals surface area contributed by atoms with Crippen LogP contribution in [0.4, 0.5) is 47.3 Å². The summed E-state index contributed by atoms with van der Waals surface area (Å²) in [5.41, 5.74) is 3.05. The Hall–Kier alpha value is -7.40. The normalized spacial score (nSPS) is 11.9. The van der Waals surface area contributed by atoms with E-state index in [4.69, 9.17) is 4.18 Å². The van der Waals surface area contributed by atoms with Gasteiger partial charge in [-0.1, -0.05) is 140 Å². The van der Waals surface area contributed by atoms with E-state index < -0.39 is 21.4 Å². The third-order valence-electron chi connectivity index (χ3n) is 11.0. The van der Waals surface area contributed by atoms with Crippen LogP contribution in [-0.4, -0.2) is 13.9 Å². The fraction of sp³-hybridized carbons (Fsp3) is 0.0189. The molecule has 0 bridgehead atoms. The second kappa shape index (κ2) is 16.1. The van der Waals surface area contributed by atoms with Crippen molar-refractivity contribution in [3.8, 4) is 28.0 Å². The van der Waals surface area contributed by atoms with Crippen molar-refractivity contribution in [2.45, 2.75) is 5.51 Å². The summed E-state index contributed by atoms with van der Waals surface area (Å²) < 4.78 is 73.7. The standard InChI is InChI=1S/C53H35F3N2O3S2/c54-53(55,56)63(59,60)61-43-34-47-46-33-39(45-24-12-13-25-48(45)57(40-19-6-2-7-20-40)42-30-27-37(28-31-42)36-15-4-1-5-16-36)29-32-51(46)62-52(47)50(35-43)58(41-21-8-3-9-22-41)49-26-14-18-38-17-10-11-23-44(38)49/h1-35H. The van der Waals surface area contributed by atoms with Gasteiger partial charge in [0.1, 0.15) is 5.75 Å². The Kier molecular flexibility index (Phi) is 10.2. The molecule has 308 valence electrons. The summed E-state index contributed by atoms with van der Waals surface area (Å²) >= 11 is 1.47. The van der Waals surface area contributed by atoms with E-state index in [1.807, 2.05) is 150 Å². The van der Waals surface area contributed by atoms with E-state index in [9.17, 15) is 21.6 Å². The molecule has 0 spiro atoms. The van der Waals surface area contributed by atoms with Crippen LogP contribution in [0.5, 0.6) is 5.75 Å². The second-order valence-corrected chi connectivity index (χ2v) is 17.5. The van der Waals surface area contributed by atoms with Crippen LogP contribution < -0.4 is 14.0 Å². The molecule has 10 aromatic rings. The number of benzene rings is 9. The highest BCUT2D eigenvalue weighted by atomic mass is 32.2. The van der Waals surface area contributed by atoms with Crippen molar-refractivity contribution in [2.75, 3.05) is 9.80 Å². The molecule has 1 heterocycles. The second-order valence-electron chi connectivity index (χ2n) is 14.9. The number of fused-ring (bicyclic) bond motifs is 4. The van der Waals surface area contributed by atoms with Crippen LogP contribution in [-0.2, 0) is 10.1 Å². The summed E-state index contributed by atoms with van der Waals surface area (Å²) in [6, 6.07) is 68.8. The molecule has 63 heavy (non-hydrogen) atoms. The molecule has 0 aliphatic rings. The zero-order valence-electron chi connectivity index (χ0n) is 33.3. The number of nitrogens with zero attached hydrogens (tertiary/aromatic N) is 2. The Morgan fingerprint density at radius 2 is 1.00 bits per heavy atom. The number of hydrogen-bond donors (Lipinski definition) is 0. The summed E-state index contributed by atoms with van der Waals surface area (Å²) in [4.78, 5) is 4.15. The van der Waals surface area contributed by atoms with Gasteiger partial charge < -0.3 is 14.0 Å². The minimum absolute atomic E-state index is 0.458. The number of rotatable bonds is 10. The van der Waals surface area contributed by atoms with E-state index in [-0.39, 0.29) is 0 Å². The molecule has 9 aromatic carbocycles. The molecule has 1 aromatic heterocycles. The summed E-state index contributed by atoms with van der Waals surface area (Å²) in [5.74, 6) is -0.462. The summed E-state index contributed by atoms with van der Waals surface area (Å²) in [6.45, 7) is 0. The van der Waals surface area contributed by atoms with Gasteiger partial charge in [0, 0.05) is 49.6 Å². The fourth-order valence-corrected chi connectivity index (χ4v) is 9.74. The van der Waals surface area contributed by atoms with Crippen LogP contribution in [0.3, 0.4) is 0 Å². The molecule has 0 atom stereocenters. The topological polar surface area (TPSA) is 49.9 Å². The van der Waals surface area contributed by atoms with Crippen LogP contribution in [0, 0.1) is 0 Å². The van der Waals surface area contributed by atoms with Crippen molar-refractivity contribution in [2.24, 2.45) is 0 Å². The number of anilines is 6. The zero-order valence-corrected chi connectivity index (χ0v) is 34.9. The molecule has 0 saturated carbocycles. The molecule has 0 aliphatic carbocycles. The smallest absolute Gasteiger partial charge is 0.376 e. The predicted octanol–water partition coefficient (Wildman–Crippen LogP) is 15.7. The molecule has 0 N–H and O–H groups in total. The van der Waals surface area contributed by atoms with Gasteiger partial charge in [-0.25, -0.2) is 0 Å². The van der Waals surface area contributed by atoms with Crippen molar-refractivity contribution in [3.63, 3.8) is 0 Å². The first-order chi connectivity index (χ1) is 30.6. The lowest BCUT2D eigenvalue weighted by Crippen LogP contribution is -2.28. The predicted molar refractivity (Wildman–Crippen MR) is 253 cm³/mol. The van der Waals surface area contributed by atoms with Gasteiger partial charge in [0.15, 0.2) is 0 Å². The van der Waals surface area contributed by atoms with E-state index in [0.29, 0.717) is 11.1 Å². The third-order valence-corrected chi connectivity index (χ3v) is 13.2. The first-order valence-electron chi connectivity index (χ1n) is 20.1. The van der Waals surface area contributed by atoms with Crippen molar-refractivity contribution in [1.82, 2.24) is 0 Å². The van der Waals surface area contributed by atoms with Crippen LogP contribution >= 0.6 is 11.3 Å². The van der Waals surface area contributed by atoms with Crippen LogP contribution in [0.15, 0.2) is 212 Å². The molecule has 0 fully saturated rings. The lowest BCUT2D eigenvalue weighted by atomic mass is 9.99. The maximum atomic E-state index is 14.0. The molecule has 0 unspecified atom stereocenters. The molecular formula is C53H35F3N2O3S2. The molecular weight excluding hydrogens is 834 g/mol. The van der Waals surface area contributed by atoms with Crippen LogP contribution in [0.1, 0.15) is 0 Å². The molecule has 10 rings (SSSR count). The van der Waals surface area contributed by atoms with Gasteiger partial charge in [-0.05, 0) is 88.8 Å². The maximum Gasteiger partial charge on any atom is 0.534 e. The van der Waals surface area contributed by atoms with Crippen LogP contribution in [0.25, 0.3) is 53.2 Å². The van der Waals surface area contributed by atoms with E-state index in [1.54, 1.807) is 0 Å². The highest BCUT2D eigenvalue weighted by Crippen LogP contribution is 2.50. The lowest BCUT2D eigenvalue weighted by molar-refractivity contribution is -0.0500. The SMILES string of the molecule is O=S(=O)(Oc1cc(N(c2ccccc2)c2cccc3ccccc23)c2sc3ccc(-c4ccccc4N(c4ccccc4)c4ccc(-c5ccccc5)cc4)cc3c2c1)C(F)(F)F. The van der Waals surface area contributed by atoms with Crippen molar-refractivity contribution < 1.29 is 25.8 Å². The van der Waals surface area contributed by atoms with E-state index in [2.05, 4.69) is 59.5 Å². The van der Waals surface area contributed by atoms with Crippen molar-refractivity contribution in [3.05, 3.63) is 212 Å². The fourth-order valence-electron chi connectivity index (χ4n) is 8.13. The zero-order chi connectivity index (χ0) is 43.1. The van der Waals surface area contributed by atoms with E-state index in [1.165, 1.54) is 23.5 Å². The van der Waals surface area contributed by atoms with E-state index >= 15 is 0 Å². The Balaban J connectivity index is 1.18. The quantitative estimate of drug-likeness (QED) is 0.101. The van der Waals surface area contributed by atoms with Gasteiger partial charge in [-0.3, -0.25) is 0 Å². The average molecular weight is 869 g/mol. The Morgan fingerprint density at radius 3 is 1.71 bits per heavy atom. The molecule has 5 nitrogen and oxygen atoms in total. The van der Waals surface area contributed by atoms with Gasteiger partial charge in [0.2, 0.25) is 0 Å². The molecule has 0 saturated heterocycles. The minimum atomic E-state index is -6.02. The summed E-state index contributed by atoms with van der Waals surface area (Å²) in [5, 5.41) is 3.11. The lowest BCUT2D eigenvalue weighted by Gasteiger charge is -2.28. The Labute approximate surface area is 366 Å². The van der Waals surface area contributed by atoms with Crippen molar-refractivity contribution in [1.29, 1.82) is 0 Å². The number of para-hydroxylation sites is 3. The molecule has 0 amide bonds. The summed E-state index contributed by atoms with van der Waals surface area (Å²) in [7, 11) is -6.02. The van der Waals surface area contributed by atoms with Crippen molar-refractivity contribution >= 4 is 86.5 Å². The summed E-state index contributed by atoms with van der Waals surface area (Å²) in [6.07, 6.45) is 0. The first-order valence-corrected chi connectivity index (χ1v) is 22.3. The monoisotopic (exact) mass is 868 g/mol. The number of hydrogen-bond acceptors (Lipinski definition) is 6. The number of halogens is 3. The molecule has 10 heteroatoms. The number of thiophene rings is 1. The Bertz CT molecular complexity index is 3370. The highest BCUT2D eigenvalue weighted by molar-refractivity contribution is 7.88. The number of alkyl halides is 3. The largest absolute Gasteiger partial charge is 0.534 e. The van der Waals surface area contributed by atoms with Gasteiger partial charge in [-0.15, -0.1) is 11.3 Å². The first kappa shape index (κ1) is 39.7. The van der Waals surface area contributed by atoms with Gasteiger partial charge in [0.05, 0.1) is 21.8 Å². The van der Waals surface area contributed by atoms with Gasteiger partial charge >= 0.3 is 15.6 Å². The van der Waals surface area contributed by atoms with E-state index in [0.717, 1.165) is 76.2 Å². The maximum absolute atomic E-state index is 14.0.